The van der Waals surface area contributed by atoms with Crippen LogP contribution in [0.1, 0.15) is 33.6 Å². The molecule has 0 amide bonds. The van der Waals surface area contributed by atoms with Gasteiger partial charge in [-0.05, 0) is 18.8 Å². The zero-order valence-electron chi connectivity index (χ0n) is 8.84. The molecule has 0 aromatic carbocycles. The Labute approximate surface area is 81.5 Å². The van der Waals surface area contributed by atoms with Crippen LogP contribution in [0.5, 0.6) is 0 Å². The molecule has 1 nitrogen and oxygen atoms in total. The molecule has 1 radical (unpaired) electrons. The van der Waals surface area contributed by atoms with E-state index < -0.39 is 0 Å². The average molecular weight is 179 g/mol. The highest BCUT2D eigenvalue weighted by Crippen LogP contribution is 2.24. The molecule has 0 aliphatic carbocycles. The van der Waals surface area contributed by atoms with Crippen LogP contribution in [0.3, 0.4) is 0 Å². The largest absolute Gasteiger partial charge is 0.290 e. The van der Waals surface area contributed by atoms with Crippen LogP contribution in [0, 0.1) is 11.3 Å². The maximum absolute atomic E-state index is 10.6. The van der Waals surface area contributed by atoms with E-state index in [1.54, 1.807) is 0 Å². The Bertz CT molecular complexity index is 189. The van der Waals surface area contributed by atoms with Crippen LogP contribution in [0.4, 0.5) is 0 Å². The first-order chi connectivity index (χ1) is 6.04. The van der Waals surface area contributed by atoms with Gasteiger partial charge >= 0.3 is 0 Å². The topological polar surface area (TPSA) is 17.1 Å². The number of allylic oxidation sites excluding steroid dienone is 3. The molecule has 73 valence electrons. The minimum atomic E-state index is -0.370. The van der Waals surface area contributed by atoms with Gasteiger partial charge in [0.25, 0.3) is 0 Å². The summed E-state index contributed by atoms with van der Waals surface area (Å²) in [7, 11) is 0. The van der Waals surface area contributed by atoms with Gasteiger partial charge in [-0.3, -0.25) is 4.79 Å². The van der Waals surface area contributed by atoms with E-state index in [1.807, 2.05) is 26.8 Å². The fourth-order valence-corrected chi connectivity index (χ4v) is 0.848. The molecule has 0 aromatic heterocycles. The molecule has 0 spiro atoms. The Balaban J connectivity index is 3.98. The molecule has 0 saturated heterocycles. The third kappa shape index (κ3) is 4.66. The summed E-state index contributed by atoms with van der Waals surface area (Å²) in [5.74, 6) is 0.245. The van der Waals surface area contributed by atoms with E-state index in [-0.39, 0.29) is 11.3 Å². The number of hydrogen-bond donors (Lipinski definition) is 0. The highest BCUT2D eigenvalue weighted by atomic mass is 16.1. The molecule has 13 heavy (non-hydrogen) atoms. The lowest BCUT2D eigenvalue weighted by atomic mass is 9.81. The molecular weight excluding hydrogens is 160 g/mol. The van der Waals surface area contributed by atoms with Gasteiger partial charge in [-0.1, -0.05) is 39.0 Å². The van der Waals surface area contributed by atoms with Crippen molar-refractivity contribution in [2.45, 2.75) is 33.6 Å². The van der Waals surface area contributed by atoms with Crippen LogP contribution >= 0.6 is 0 Å². The van der Waals surface area contributed by atoms with E-state index in [4.69, 9.17) is 0 Å². The molecule has 0 rings (SSSR count). The molecule has 0 bridgehead atoms. The Morgan fingerprint density at radius 3 is 2.54 bits per heavy atom. The molecule has 0 N–H and O–H groups in total. The standard InChI is InChI=1S/C12H19O/c1-5-6-7-8-9-11(2)12(3,4)10-13/h5,8-9,11H,1,6-7H2,2-4H3/b9-8+. The van der Waals surface area contributed by atoms with Gasteiger partial charge in [-0.15, -0.1) is 6.58 Å². The molecule has 0 fully saturated rings. The van der Waals surface area contributed by atoms with Crippen LogP contribution in [0.15, 0.2) is 24.8 Å². The van der Waals surface area contributed by atoms with Crippen LogP contribution in [-0.2, 0) is 4.79 Å². The van der Waals surface area contributed by atoms with Crippen LogP contribution in [0.2, 0.25) is 0 Å². The lowest BCUT2D eigenvalue weighted by Gasteiger charge is -2.21. The first kappa shape index (κ1) is 12.2. The summed E-state index contributed by atoms with van der Waals surface area (Å²) in [6, 6.07) is 0. The number of unbranched alkanes of at least 4 members (excludes halogenated alkanes) is 1. The van der Waals surface area contributed by atoms with E-state index in [0.717, 1.165) is 12.8 Å². The molecule has 0 aromatic rings. The van der Waals surface area contributed by atoms with Crippen LogP contribution in [0.25, 0.3) is 0 Å². The second-order valence-corrected chi connectivity index (χ2v) is 3.91. The van der Waals surface area contributed by atoms with Crippen LogP contribution in [-0.4, -0.2) is 6.29 Å². The van der Waals surface area contributed by atoms with Crippen molar-refractivity contribution in [1.82, 2.24) is 0 Å². The summed E-state index contributed by atoms with van der Waals surface area (Å²) in [5.41, 5.74) is -0.370. The molecule has 0 saturated carbocycles. The SMILES string of the molecule is C=CCC/C=C/C(C)C(C)(C)[C]=O. The fourth-order valence-electron chi connectivity index (χ4n) is 0.848. The summed E-state index contributed by atoms with van der Waals surface area (Å²) in [4.78, 5) is 10.6. The fraction of sp³-hybridized carbons (Fsp3) is 0.583. The molecular formula is C12H19O. The smallest absolute Gasteiger partial charge is 0.205 e. The van der Waals surface area contributed by atoms with Crippen molar-refractivity contribution in [1.29, 1.82) is 0 Å². The molecule has 0 aliphatic rings. The van der Waals surface area contributed by atoms with Gasteiger partial charge in [0, 0.05) is 5.41 Å². The van der Waals surface area contributed by atoms with Gasteiger partial charge in [-0.25, -0.2) is 0 Å². The normalized spacial score (nSPS) is 14.4. The maximum Gasteiger partial charge on any atom is 0.205 e. The minimum absolute atomic E-state index is 0.245. The van der Waals surface area contributed by atoms with Gasteiger partial charge in [-0.2, -0.15) is 0 Å². The maximum atomic E-state index is 10.6. The number of carbonyl (C=O) groups excluding carboxylic acids is 1. The van der Waals surface area contributed by atoms with Crippen molar-refractivity contribution in [2.24, 2.45) is 11.3 Å². The van der Waals surface area contributed by atoms with Crippen molar-refractivity contribution in [3.63, 3.8) is 0 Å². The summed E-state index contributed by atoms with van der Waals surface area (Å²) in [6.45, 7) is 9.49. The third-order valence-corrected chi connectivity index (χ3v) is 2.36. The number of rotatable bonds is 6. The zero-order chi connectivity index (χ0) is 10.3. The summed E-state index contributed by atoms with van der Waals surface area (Å²) in [5, 5.41) is 0. The van der Waals surface area contributed by atoms with Gasteiger partial charge in [0.1, 0.15) is 0 Å². The van der Waals surface area contributed by atoms with E-state index in [9.17, 15) is 4.79 Å². The highest BCUT2D eigenvalue weighted by molar-refractivity contribution is 5.59. The quantitative estimate of drug-likeness (QED) is 0.451. The van der Waals surface area contributed by atoms with E-state index in [0.29, 0.717) is 0 Å². The van der Waals surface area contributed by atoms with E-state index in [2.05, 4.69) is 25.0 Å². The monoisotopic (exact) mass is 179 g/mol. The van der Waals surface area contributed by atoms with Crippen molar-refractivity contribution >= 4 is 6.29 Å². The average Bonchev–Trinajstić information content (AvgIpc) is 2.12. The Hall–Kier alpha value is -0.850. The molecule has 1 heteroatoms. The van der Waals surface area contributed by atoms with Gasteiger partial charge < -0.3 is 0 Å². The second-order valence-electron chi connectivity index (χ2n) is 3.91. The molecule has 1 unspecified atom stereocenters. The van der Waals surface area contributed by atoms with Gasteiger partial charge in [0.05, 0.1) is 0 Å². The minimum Gasteiger partial charge on any atom is -0.290 e. The van der Waals surface area contributed by atoms with Crippen molar-refractivity contribution in [3.8, 4) is 0 Å². The van der Waals surface area contributed by atoms with Crippen molar-refractivity contribution in [2.75, 3.05) is 0 Å². The van der Waals surface area contributed by atoms with Crippen molar-refractivity contribution in [3.05, 3.63) is 24.8 Å². The zero-order valence-corrected chi connectivity index (χ0v) is 8.84. The summed E-state index contributed by atoms with van der Waals surface area (Å²) in [6.07, 6.45) is 10.1. The predicted molar refractivity (Wildman–Crippen MR) is 57.2 cm³/mol. The summed E-state index contributed by atoms with van der Waals surface area (Å²) < 4.78 is 0. The van der Waals surface area contributed by atoms with Gasteiger partial charge in [0.2, 0.25) is 6.29 Å². The summed E-state index contributed by atoms with van der Waals surface area (Å²) >= 11 is 0. The first-order valence-corrected chi connectivity index (χ1v) is 4.71. The van der Waals surface area contributed by atoms with Gasteiger partial charge in [0.15, 0.2) is 0 Å². The Kier molecular flexibility index (Phi) is 5.36. The second kappa shape index (κ2) is 5.74. The highest BCUT2D eigenvalue weighted by Gasteiger charge is 2.23. The van der Waals surface area contributed by atoms with E-state index in [1.165, 1.54) is 0 Å². The lowest BCUT2D eigenvalue weighted by molar-refractivity contribution is 0.371. The molecule has 1 atom stereocenters. The third-order valence-electron chi connectivity index (χ3n) is 2.36. The molecule has 0 aliphatic heterocycles. The number of hydrogen-bond acceptors (Lipinski definition) is 1. The Morgan fingerprint density at radius 1 is 1.46 bits per heavy atom. The Morgan fingerprint density at radius 2 is 2.08 bits per heavy atom. The lowest BCUT2D eigenvalue weighted by Crippen LogP contribution is -2.21. The first-order valence-electron chi connectivity index (χ1n) is 4.71. The van der Waals surface area contributed by atoms with Crippen molar-refractivity contribution < 1.29 is 4.79 Å². The molecule has 0 heterocycles. The van der Waals surface area contributed by atoms with Crippen LogP contribution < -0.4 is 0 Å². The predicted octanol–water partition coefficient (Wildman–Crippen LogP) is 3.28. The van der Waals surface area contributed by atoms with E-state index >= 15 is 0 Å².